The highest BCUT2D eigenvalue weighted by Crippen LogP contribution is 2.46. The molecule has 0 radical (unpaired) electrons. The van der Waals surface area contributed by atoms with Crippen molar-refractivity contribution in [1.82, 2.24) is 0 Å². The lowest BCUT2D eigenvalue weighted by molar-refractivity contribution is 0.475. The predicted molar refractivity (Wildman–Crippen MR) is 263 cm³/mol. The molecular weight excluding hydrogens is 771 g/mol. The molecule has 5 heteroatoms. The third-order valence-corrected chi connectivity index (χ3v) is 12.6. The van der Waals surface area contributed by atoms with Gasteiger partial charge in [0.1, 0.15) is 16.5 Å². The van der Waals surface area contributed by atoms with Crippen LogP contribution in [-0.2, 0) is 0 Å². The average molecular weight is 820 g/mol. The van der Waals surface area contributed by atoms with E-state index in [4.69, 9.17) is 4.99 Å². The number of thioether (sulfide) groups is 2. The van der Waals surface area contributed by atoms with Gasteiger partial charge in [-0.3, -0.25) is 0 Å². The minimum absolute atomic E-state index is 0.241. The molecule has 1 fully saturated rings. The fourth-order valence-corrected chi connectivity index (χ4v) is 9.50. The van der Waals surface area contributed by atoms with Crippen LogP contribution < -0.4 is 0 Å². The number of nitrogens with zero attached hydrogens (tertiary/aromatic N) is 1. The van der Waals surface area contributed by atoms with E-state index in [1.165, 1.54) is 0 Å². The van der Waals surface area contributed by atoms with Gasteiger partial charge in [-0.2, -0.15) is 0 Å². The summed E-state index contributed by atoms with van der Waals surface area (Å²) in [6, 6.07) is 55.6. The van der Waals surface area contributed by atoms with Crippen LogP contribution in [-0.4, -0.2) is 26.8 Å². The molecule has 0 bridgehead atoms. The van der Waals surface area contributed by atoms with Crippen LogP contribution in [0.2, 0.25) is 0 Å². The van der Waals surface area contributed by atoms with E-state index < -0.39 is 0 Å². The SMILES string of the molecule is C/C=C\C(=C/C)c1cc(-c2ccc(O)cc2)cc(-c2ccccc2)c1N=C1SCCS/C1=C\c1c(-c2ccccc2)cc(-c2ccc(O)cc2)cc1-c1ccccc1.CC. The Morgan fingerprint density at radius 1 is 0.517 bits per heavy atom. The first-order valence-corrected chi connectivity index (χ1v) is 22.4. The summed E-state index contributed by atoms with van der Waals surface area (Å²) in [7, 11) is 0. The summed E-state index contributed by atoms with van der Waals surface area (Å²) in [6.45, 7) is 8.13. The van der Waals surface area contributed by atoms with Crippen LogP contribution in [0.25, 0.3) is 67.3 Å². The molecule has 0 spiro atoms. The zero-order valence-corrected chi connectivity index (χ0v) is 36.1. The number of phenolic OH excluding ortho intramolecular Hbond substituents is 2. The van der Waals surface area contributed by atoms with Gasteiger partial charge in [-0.15, -0.1) is 23.5 Å². The molecule has 7 aromatic carbocycles. The van der Waals surface area contributed by atoms with Crippen molar-refractivity contribution in [1.29, 1.82) is 0 Å². The second-order valence-corrected chi connectivity index (χ2v) is 16.2. The first-order valence-electron chi connectivity index (χ1n) is 20.5. The van der Waals surface area contributed by atoms with E-state index in [1.807, 2.05) is 74.6 Å². The second kappa shape index (κ2) is 20.1. The van der Waals surface area contributed by atoms with Crippen molar-refractivity contribution in [3.05, 3.63) is 198 Å². The van der Waals surface area contributed by atoms with E-state index in [1.54, 1.807) is 24.3 Å². The van der Waals surface area contributed by atoms with Gasteiger partial charge in [0.2, 0.25) is 0 Å². The van der Waals surface area contributed by atoms with Gasteiger partial charge in [0.05, 0.1) is 5.69 Å². The van der Waals surface area contributed by atoms with E-state index in [0.29, 0.717) is 0 Å². The number of aromatic hydroxyl groups is 2. The van der Waals surface area contributed by atoms with E-state index in [0.717, 1.165) is 99.5 Å². The van der Waals surface area contributed by atoms with Gasteiger partial charge < -0.3 is 10.2 Å². The van der Waals surface area contributed by atoms with Gasteiger partial charge in [0.15, 0.2) is 0 Å². The highest BCUT2D eigenvalue weighted by molar-refractivity contribution is 8.20. The molecule has 0 amide bonds. The summed E-state index contributed by atoms with van der Waals surface area (Å²) in [6.07, 6.45) is 8.75. The van der Waals surface area contributed by atoms with Gasteiger partial charge >= 0.3 is 0 Å². The highest BCUT2D eigenvalue weighted by atomic mass is 32.2. The van der Waals surface area contributed by atoms with Crippen LogP contribution in [0.15, 0.2) is 192 Å². The number of allylic oxidation sites excluding steroid dienone is 4. The molecule has 0 saturated carbocycles. The monoisotopic (exact) mass is 819 g/mol. The Morgan fingerprint density at radius 2 is 0.967 bits per heavy atom. The van der Waals surface area contributed by atoms with E-state index in [-0.39, 0.29) is 11.5 Å². The van der Waals surface area contributed by atoms with Crippen LogP contribution in [0.5, 0.6) is 11.5 Å². The van der Waals surface area contributed by atoms with Crippen molar-refractivity contribution in [2.45, 2.75) is 27.7 Å². The Morgan fingerprint density at radius 3 is 1.45 bits per heavy atom. The third-order valence-electron chi connectivity index (χ3n) is 10.2. The van der Waals surface area contributed by atoms with Crippen molar-refractivity contribution < 1.29 is 10.2 Å². The van der Waals surface area contributed by atoms with Crippen LogP contribution >= 0.6 is 23.5 Å². The van der Waals surface area contributed by atoms with Crippen LogP contribution in [0.3, 0.4) is 0 Å². The molecule has 7 aromatic rings. The molecule has 2 N–H and O–H groups in total. The quantitative estimate of drug-likeness (QED) is 0.142. The lowest BCUT2D eigenvalue weighted by Gasteiger charge is -2.22. The zero-order chi connectivity index (χ0) is 41.8. The number of phenols is 2. The maximum atomic E-state index is 10.1. The summed E-state index contributed by atoms with van der Waals surface area (Å²) in [5.74, 6) is 2.41. The summed E-state index contributed by atoms with van der Waals surface area (Å²) in [4.78, 5) is 6.83. The first-order chi connectivity index (χ1) is 29.5. The van der Waals surface area contributed by atoms with Crippen molar-refractivity contribution >= 4 is 45.9 Å². The molecule has 0 unspecified atom stereocenters. The predicted octanol–water partition coefficient (Wildman–Crippen LogP) is 16.0. The number of benzene rings is 7. The summed E-state index contributed by atoms with van der Waals surface area (Å²) in [5.41, 5.74) is 15.0. The minimum atomic E-state index is 0.241. The van der Waals surface area contributed by atoms with Crippen molar-refractivity contribution in [2.75, 3.05) is 11.5 Å². The van der Waals surface area contributed by atoms with Gasteiger partial charge in [-0.1, -0.05) is 147 Å². The van der Waals surface area contributed by atoms with Gasteiger partial charge in [-0.05, 0) is 130 Å². The van der Waals surface area contributed by atoms with E-state index in [9.17, 15) is 10.2 Å². The first kappa shape index (κ1) is 41.9. The average Bonchev–Trinajstić information content (AvgIpc) is 3.31. The van der Waals surface area contributed by atoms with Gasteiger partial charge in [0.25, 0.3) is 0 Å². The Hall–Kier alpha value is -6.27. The number of rotatable bonds is 9. The molecule has 1 saturated heterocycles. The lowest BCUT2D eigenvalue weighted by Crippen LogP contribution is -2.06. The van der Waals surface area contributed by atoms with Crippen LogP contribution in [0.1, 0.15) is 38.8 Å². The van der Waals surface area contributed by atoms with Crippen molar-refractivity contribution in [2.24, 2.45) is 4.99 Å². The fourth-order valence-electron chi connectivity index (χ4n) is 7.34. The maximum Gasteiger partial charge on any atom is 0.115 e. The largest absolute Gasteiger partial charge is 0.508 e. The molecule has 1 heterocycles. The topological polar surface area (TPSA) is 52.8 Å². The Bertz CT molecular complexity index is 2600. The molecule has 0 aliphatic carbocycles. The molecule has 60 heavy (non-hydrogen) atoms. The smallest absolute Gasteiger partial charge is 0.115 e. The summed E-state index contributed by atoms with van der Waals surface area (Å²) >= 11 is 3.67. The Balaban J connectivity index is 0.00000268. The maximum absolute atomic E-state index is 10.1. The number of hydrogen-bond acceptors (Lipinski definition) is 5. The molecule has 3 nitrogen and oxygen atoms in total. The number of hydrogen-bond donors (Lipinski definition) is 2. The molecule has 0 atom stereocenters. The molecule has 8 rings (SSSR count). The highest BCUT2D eigenvalue weighted by Gasteiger charge is 2.22. The Kier molecular flexibility index (Phi) is 14.0. The number of aliphatic imine (C=N–C) groups is 1. The molecule has 1 aliphatic heterocycles. The van der Waals surface area contributed by atoms with E-state index >= 15 is 0 Å². The fraction of sp³-hybridized carbons (Fsp3) is 0.109. The van der Waals surface area contributed by atoms with Gasteiger partial charge in [0, 0.05) is 27.5 Å². The van der Waals surface area contributed by atoms with Crippen LogP contribution in [0, 0.1) is 0 Å². The van der Waals surface area contributed by atoms with E-state index in [2.05, 4.69) is 140 Å². The third kappa shape index (κ3) is 9.61. The van der Waals surface area contributed by atoms with Gasteiger partial charge in [-0.25, -0.2) is 4.99 Å². The zero-order valence-electron chi connectivity index (χ0n) is 34.5. The summed E-state index contributed by atoms with van der Waals surface area (Å²) in [5, 5.41) is 21.3. The normalized spacial score (nSPS) is 14.3. The van der Waals surface area contributed by atoms with Crippen molar-refractivity contribution in [3.8, 4) is 67.1 Å². The molecular formula is C55H49NO2S2. The minimum Gasteiger partial charge on any atom is -0.508 e. The molecule has 298 valence electrons. The summed E-state index contributed by atoms with van der Waals surface area (Å²) < 4.78 is 0. The van der Waals surface area contributed by atoms with Crippen molar-refractivity contribution in [3.63, 3.8) is 0 Å². The Labute approximate surface area is 363 Å². The molecule has 1 aliphatic rings. The second-order valence-electron chi connectivity index (χ2n) is 14.0. The molecule has 0 aromatic heterocycles. The lowest BCUT2D eigenvalue weighted by atomic mass is 9.87. The van der Waals surface area contributed by atoms with Crippen LogP contribution in [0.4, 0.5) is 5.69 Å². The standard InChI is InChI=1S/C53H43NO2S2.C2H6/c1-3-14-36(4-2)48-33-43(38-23-27-45(56)28-24-38)34-49(41-19-12-7-13-20-41)52(48)54-53-51(57-29-30-58-53)35-50-46(39-15-8-5-9-16-39)31-42(37-21-25-44(55)26-22-37)32-47(50)40-17-10-6-11-18-40;1-2/h3-28,31-35,55-56H,29-30H2,1-2H3;1-2H3/b14-3-,36-4+,51-35-,54-53?;.